The first kappa shape index (κ1) is 25.6. The van der Waals surface area contributed by atoms with Gasteiger partial charge in [-0.25, -0.2) is 0 Å². The maximum atomic E-state index is 12.8. The van der Waals surface area contributed by atoms with Gasteiger partial charge in [0, 0.05) is 12.1 Å². The molecule has 4 N–H and O–H groups in total. The zero-order valence-electron chi connectivity index (χ0n) is 18.8. The predicted molar refractivity (Wildman–Crippen MR) is 123 cm³/mol. The van der Waals surface area contributed by atoms with Gasteiger partial charge in [-0.3, -0.25) is 14.4 Å². The molecule has 0 spiro atoms. The molecule has 0 aliphatic rings. The Kier molecular flexibility index (Phi) is 9.60. The number of rotatable bonds is 12. The third-order valence-corrected chi connectivity index (χ3v) is 5.47. The Morgan fingerprint density at radius 2 is 1.70 bits per heavy atom. The second kappa shape index (κ2) is 12.4. The number of aldehydes is 1. The second-order valence-corrected chi connectivity index (χ2v) is 8.04. The number of amides is 2. The van der Waals surface area contributed by atoms with Crippen molar-refractivity contribution in [1.82, 2.24) is 10.6 Å². The fourth-order valence-corrected chi connectivity index (χ4v) is 3.42. The average molecular weight is 455 g/mol. The van der Waals surface area contributed by atoms with Crippen LogP contribution in [0.1, 0.15) is 58.6 Å². The van der Waals surface area contributed by atoms with Crippen LogP contribution in [0, 0.1) is 13.8 Å². The quantitative estimate of drug-likeness (QED) is 0.288. The molecular weight excluding hydrogens is 424 g/mol. The number of benzene rings is 2. The first-order valence-electron chi connectivity index (χ1n) is 10.8. The fourth-order valence-electron chi connectivity index (χ4n) is 3.42. The molecule has 0 aromatic heterocycles. The summed E-state index contributed by atoms with van der Waals surface area (Å²) in [6.45, 7) is 4.37. The van der Waals surface area contributed by atoms with Crippen molar-refractivity contribution in [2.75, 3.05) is 6.54 Å². The third kappa shape index (κ3) is 8.07. The monoisotopic (exact) mass is 454 g/mol. The van der Waals surface area contributed by atoms with Gasteiger partial charge >= 0.3 is 5.97 Å². The Balaban J connectivity index is 1.94. The normalized spacial score (nSPS) is 12.4. The molecule has 1 unspecified atom stereocenters. The number of carbonyl (C=O) groups is 4. The van der Waals surface area contributed by atoms with Crippen LogP contribution in [0.25, 0.3) is 0 Å². The fraction of sp³-hybridized carbons (Fsp3) is 0.360. The van der Waals surface area contributed by atoms with E-state index in [1.165, 1.54) is 12.1 Å². The molecule has 8 heteroatoms. The summed E-state index contributed by atoms with van der Waals surface area (Å²) in [7, 11) is 0. The molecule has 0 aliphatic heterocycles. The lowest BCUT2D eigenvalue weighted by Crippen LogP contribution is -2.40. The largest absolute Gasteiger partial charge is 0.508 e. The Morgan fingerprint density at radius 3 is 2.30 bits per heavy atom. The smallest absolute Gasteiger partial charge is 0.305 e. The van der Waals surface area contributed by atoms with Crippen LogP contribution in [0.4, 0.5) is 0 Å². The van der Waals surface area contributed by atoms with E-state index in [1.54, 1.807) is 18.2 Å². The van der Waals surface area contributed by atoms with Gasteiger partial charge in [0.2, 0.25) is 5.91 Å². The number of carboxylic acid groups (broad SMARTS) is 1. The summed E-state index contributed by atoms with van der Waals surface area (Å²) in [6.07, 6.45) is 1.57. The minimum absolute atomic E-state index is 0.0589. The number of aryl methyl sites for hydroxylation is 2. The number of unbranched alkanes of at least 4 members (excludes halogenated alkanes) is 1. The van der Waals surface area contributed by atoms with E-state index >= 15 is 0 Å². The van der Waals surface area contributed by atoms with Crippen molar-refractivity contribution in [3.05, 3.63) is 64.7 Å². The summed E-state index contributed by atoms with van der Waals surface area (Å²) in [4.78, 5) is 47.2. The lowest BCUT2D eigenvalue weighted by molar-refractivity contribution is -0.138. The summed E-state index contributed by atoms with van der Waals surface area (Å²) >= 11 is 0. The highest BCUT2D eigenvalue weighted by atomic mass is 16.4. The molecule has 8 nitrogen and oxygen atoms in total. The van der Waals surface area contributed by atoms with Gasteiger partial charge in [-0.1, -0.05) is 24.6 Å². The molecule has 0 bridgehead atoms. The van der Waals surface area contributed by atoms with Gasteiger partial charge in [0.05, 0.1) is 18.4 Å². The van der Waals surface area contributed by atoms with Gasteiger partial charge in [0.1, 0.15) is 12.0 Å². The first-order valence-corrected chi connectivity index (χ1v) is 10.8. The number of phenolic OH excluding ortho intramolecular Hbond substituents is 1. The van der Waals surface area contributed by atoms with Gasteiger partial charge < -0.3 is 25.6 Å². The number of aromatic hydroxyl groups is 1. The van der Waals surface area contributed by atoms with E-state index in [0.29, 0.717) is 43.2 Å². The van der Waals surface area contributed by atoms with Crippen LogP contribution in [0.3, 0.4) is 0 Å². The second-order valence-electron chi connectivity index (χ2n) is 8.04. The molecule has 0 saturated heterocycles. The maximum Gasteiger partial charge on any atom is 0.305 e. The predicted octanol–water partition coefficient (Wildman–Crippen LogP) is 2.85. The Labute approximate surface area is 193 Å². The molecule has 2 rings (SSSR count). The van der Waals surface area contributed by atoms with E-state index in [0.717, 1.165) is 11.1 Å². The SMILES string of the molecule is Cc1ccc(C(=O)NCCCCC(C(=O)N[C@H](C=O)CC(=O)O)c2ccc(O)cc2)cc1C. The van der Waals surface area contributed by atoms with Gasteiger partial charge in [0.15, 0.2) is 0 Å². The molecule has 0 radical (unpaired) electrons. The Morgan fingerprint density at radius 1 is 1.00 bits per heavy atom. The highest BCUT2D eigenvalue weighted by Crippen LogP contribution is 2.24. The number of aliphatic carboxylic acids is 1. The number of phenols is 1. The maximum absolute atomic E-state index is 12.8. The van der Waals surface area contributed by atoms with Crippen molar-refractivity contribution in [2.24, 2.45) is 0 Å². The minimum Gasteiger partial charge on any atom is -0.508 e. The third-order valence-electron chi connectivity index (χ3n) is 5.47. The molecule has 176 valence electrons. The van der Waals surface area contributed by atoms with E-state index in [1.807, 2.05) is 26.0 Å². The summed E-state index contributed by atoms with van der Waals surface area (Å²) in [6, 6.07) is 10.6. The average Bonchev–Trinajstić information content (AvgIpc) is 2.77. The zero-order valence-corrected chi connectivity index (χ0v) is 18.8. The molecule has 0 heterocycles. The number of carboxylic acids is 1. The van der Waals surface area contributed by atoms with E-state index in [4.69, 9.17) is 5.11 Å². The number of hydrogen-bond donors (Lipinski definition) is 4. The van der Waals surface area contributed by atoms with Crippen LogP contribution >= 0.6 is 0 Å². The topological polar surface area (TPSA) is 133 Å². The van der Waals surface area contributed by atoms with Crippen LogP contribution in [-0.4, -0.2) is 46.9 Å². The first-order chi connectivity index (χ1) is 15.7. The Hall–Kier alpha value is -3.68. The number of nitrogens with one attached hydrogen (secondary N) is 2. The minimum atomic E-state index is -1.19. The van der Waals surface area contributed by atoms with Crippen molar-refractivity contribution in [3.8, 4) is 5.75 Å². The molecule has 2 aromatic carbocycles. The highest BCUT2D eigenvalue weighted by molar-refractivity contribution is 5.94. The van der Waals surface area contributed by atoms with Gasteiger partial charge in [-0.05, 0) is 67.6 Å². The zero-order chi connectivity index (χ0) is 24.4. The molecule has 0 saturated carbocycles. The molecule has 0 aliphatic carbocycles. The lowest BCUT2D eigenvalue weighted by atomic mass is 9.92. The van der Waals surface area contributed by atoms with Crippen LogP contribution in [0.2, 0.25) is 0 Å². The van der Waals surface area contributed by atoms with Crippen LogP contribution in [-0.2, 0) is 14.4 Å². The number of hydrogen-bond acceptors (Lipinski definition) is 5. The van der Waals surface area contributed by atoms with Crippen molar-refractivity contribution in [3.63, 3.8) is 0 Å². The molecule has 2 aromatic rings. The summed E-state index contributed by atoms with van der Waals surface area (Å²) < 4.78 is 0. The molecule has 33 heavy (non-hydrogen) atoms. The van der Waals surface area contributed by atoms with Crippen LogP contribution in [0.5, 0.6) is 5.75 Å². The van der Waals surface area contributed by atoms with Gasteiger partial charge in [-0.2, -0.15) is 0 Å². The molecule has 2 atom stereocenters. The van der Waals surface area contributed by atoms with Gasteiger partial charge in [0.25, 0.3) is 5.91 Å². The summed E-state index contributed by atoms with van der Waals surface area (Å²) in [5.74, 6) is -2.37. The van der Waals surface area contributed by atoms with E-state index in [9.17, 15) is 24.3 Å². The molecule has 2 amide bonds. The number of carbonyl (C=O) groups excluding carboxylic acids is 3. The molecule has 0 fully saturated rings. The van der Waals surface area contributed by atoms with E-state index in [2.05, 4.69) is 10.6 Å². The van der Waals surface area contributed by atoms with Crippen molar-refractivity contribution < 1.29 is 29.4 Å². The van der Waals surface area contributed by atoms with Crippen LogP contribution in [0.15, 0.2) is 42.5 Å². The van der Waals surface area contributed by atoms with Crippen molar-refractivity contribution in [1.29, 1.82) is 0 Å². The molecular formula is C25H30N2O6. The van der Waals surface area contributed by atoms with Crippen molar-refractivity contribution in [2.45, 2.75) is 51.5 Å². The standard InChI is InChI=1S/C25H30N2O6/c1-16-6-7-19(13-17(16)2)24(32)26-12-4-3-5-22(18-8-10-21(29)11-9-18)25(33)27-20(15-28)14-23(30)31/h6-11,13,15,20,22,29H,3-5,12,14H2,1-2H3,(H,26,32)(H,27,33)(H,30,31)/t20-,22?/m0/s1. The lowest BCUT2D eigenvalue weighted by Gasteiger charge is -2.20. The van der Waals surface area contributed by atoms with Gasteiger partial charge in [-0.15, -0.1) is 0 Å². The van der Waals surface area contributed by atoms with E-state index < -0.39 is 30.3 Å². The highest BCUT2D eigenvalue weighted by Gasteiger charge is 2.24. The Bertz CT molecular complexity index is 987. The summed E-state index contributed by atoms with van der Waals surface area (Å²) in [5.41, 5.74) is 3.40. The van der Waals surface area contributed by atoms with Crippen LogP contribution < -0.4 is 10.6 Å². The van der Waals surface area contributed by atoms with Crippen molar-refractivity contribution >= 4 is 24.1 Å². The summed E-state index contributed by atoms with van der Waals surface area (Å²) in [5, 5.41) is 23.8. The van der Waals surface area contributed by atoms with E-state index in [-0.39, 0.29) is 11.7 Å².